The minimum Gasteiger partial charge on any atom is -0.303 e. The molecule has 5 heteroatoms. The molecule has 0 bridgehead atoms. The second kappa shape index (κ2) is 6.59. The molecule has 0 atom stereocenters. The van der Waals surface area contributed by atoms with Crippen LogP contribution in [0.25, 0.3) is 0 Å². The number of benzene rings is 2. The molecule has 0 amide bonds. The number of phosphoric ester groups is 1. The van der Waals surface area contributed by atoms with Gasteiger partial charge in [0.2, 0.25) is 0 Å². The van der Waals surface area contributed by atoms with Gasteiger partial charge in [0.05, 0.1) is 0 Å². The zero-order valence-electron chi connectivity index (χ0n) is 12.5. The van der Waals surface area contributed by atoms with Gasteiger partial charge in [-0.25, -0.2) is 4.57 Å². The van der Waals surface area contributed by atoms with E-state index in [1.54, 1.807) is 30.3 Å². The molecule has 2 aromatic rings. The van der Waals surface area contributed by atoms with Crippen LogP contribution in [0.3, 0.4) is 0 Å². The Hall–Kier alpha value is -1.71. The van der Waals surface area contributed by atoms with Crippen molar-refractivity contribution in [2.45, 2.75) is 19.4 Å². The summed E-state index contributed by atoms with van der Waals surface area (Å²) in [6, 6.07) is 18.1. The van der Waals surface area contributed by atoms with Gasteiger partial charge >= 0.3 is 7.82 Å². The Morgan fingerprint density at radius 1 is 0.955 bits per heavy atom. The Bertz CT molecular complexity index is 646. The van der Waals surface area contributed by atoms with Crippen LogP contribution < -0.4 is 0 Å². The van der Waals surface area contributed by atoms with Gasteiger partial charge in [-0.05, 0) is 31.1 Å². The molecule has 0 unspecified atom stereocenters. The summed E-state index contributed by atoms with van der Waals surface area (Å²) < 4.78 is 16.9. The van der Waals surface area contributed by atoms with E-state index in [-0.39, 0.29) is 0 Å². The Kier molecular flexibility index (Phi) is 4.99. The van der Waals surface area contributed by atoms with Gasteiger partial charge in [-0.15, -0.1) is 0 Å². The van der Waals surface area contributed by atoms with Crippen LogP contribution in [0.15, 0.2) is 72.3 Å². The molecule has 0 fully saturated rings. The van der Waals surface area contributed by atoms with E-state index in [0.29, 0.717) is 11.1 Å². The number of phosphoric acid groups is 1. The molecule has 2 N–H and O–H groups in total. The van der Waals surface area contributed by atoms with E-state index in [9.17, 15) is 14.4 Å². The normalized spacial score (nSPS) is 12.0. The molecule has 4 nitrogen and oxygen atoms in total. The molecule has 2 aromatic carbocycles. The highest BCUT2D eigenvalue weighted by Crippen LogP contribution is 2.49. The topological polar surface area (TPSA) is 66.8 Å². The quantitative estimate of drug-likeness (QED) is 0.646. The maximum atomic E-state index is 11.6. The van der Waals surface area contributed by atoms with Crippen LogP contribution in [-0.4, -0.2) is 9.79 Å². The third-order valence-corrected chi connectivity index (χ3v) is 3.69. The van der Waals surface area contributed by atoms with Gasteiger partial charge in [-0.3, -0.25) is 4.52 Å². The predicted octanol–water partition coefficient (Wildman–Crippen LogP) is 4.01. The molecule has 0 heterocycles. The molecule has 0 radical (unpaired) electrons. The van der Waals surface area contributed by atoms with Gasteiger partial charge in [-0.1, -0.05) is 66.2 Å². The van der Waals surface area contributed by atoms with E-state index in [4.69, 9.17) is 4.52 Å². The van der Waals surface area contributed by atoms with Gasteiger partial charge < -0.3 is 9.79 Å². The van der Waals surface area contributed by atoms with Gasteiger partial charge in [0.25, 0.3) is 0 Å². The van der Waals surface area contributed by atoms with Crippen molar-refractivity contribution in [3.05, 3.63) is 83.4 Å². The molecule has 0 saturated heterocycles. The Morgan fingerprint density at radius 2 is 1.36 bits per heavy atom. The van der Waals surface area contributed by atoms with Gasteiger partial charge in [0.1, 0.15) is 5.60 Å². The summed E-state index contributed by atoms with van der Waals surface area (Å²) >= 11 is 0. The number of hydrogen-bond acceptors (Lipinski definition) is 2. The molecular weight excluding hydrogens is 299 g/mol. The Labute approximate surface area is 130 Å². The molecule has 0 saturated carbocycles. The lowest BCUT2D eigenvalue weighted by Crippen LogP contribution is -2.28. The molecule has 0 aliphatic heterocycles. The molecule has 22 heavy (non-hydrogen) atoms. The summed E-state index contributed by atoms with van der Waals surface area (Å²) in [5.74, 6) is 0. The lowest BCUT2D eigenvalue weighted by molar-refractivity contribution is 0.103. The second-order valence-electron chi connectivity index (χ2n) is 5.27. The van der Waals surface area contributed by atoms with Crippen LogP contribution in [0, 0.1) is 0 Å². The van der Waals surface area contributed by atoms with E-state index < -0.39 is 13.4 Å². The fraction of sp³-hybridized carbons (Fsp3) is 0.176. The summed E-state index contributed by atoms with van der Waals surface area (Å²) in [5, 5.41) is 0. The third kappa shape index (κ3) is 3.93. The number of allylic oxidation sites excluding steroid dienone is 1. The maximum absolute atomic E-state index is 11.6. The highest BCUT2D eigenvalue weighted by Gasteiger charge is 2.39. The van der Waals surface area contributed by atoms with Gasteiger partial charge in [-0.2, -0.15) is 0 Å². The first-order chi connectivity index (χ1) is 10.3. The van der Waals surface area contributed by atoms with Crippen molar-refractivity contribution in [2.24, 2.45) is 0 Å². The van der Waals surface area contributed by atoms with E-state index in [1.807, 2.05) is 50.2 Å². The smallest absolute Gasteiger partial charge is 0.303 e. The monoisotopic (exact) mass is 318 g/mol. The average molecular weight is 318 g/mol. The summed E-state index contributed by atoms with van der Waals surface area (Å²) in [4.78, 5) is 18.9. The number of hydrogen-bond donors (Lipinski definition) is 2. The molecule has 2 rings (SSSR count). The van der Waals surface area contributed by atoms with Crippen molar-refractivity contribution >= 4 is 7.82 Å². The Morgan fingerprint density at radius 3 is 1.68 bits per heavy atom. The van der Waals surface area contributed by atoms with Crippen LogP contribution >= 0.6 is 7.82 Å². The molecular formula is C17H19O4P. The first kappa shape index (κ1) is 16.7. The standard InChI is InChI=1S/C17H19O4P/c1-14(2)13-17(21-22(18,19)20,15-9-5-3-6-10-15)16-11-7-4-8-12-16/h3-13H,1-2H3,(H2,18,19,20). The SMILES string of the molecule is CC(C)=CC(OP(=O)(O)O)(c1ccccc1)c1ccccc1. The van der Waals surface area contributed by atoms with Crippen molar-refractivity contribution in [3.8, 4) is 0 Å². The third-order valence-electron chi connectivity index (χ3n) is 3.16. The first-order valence-electron chi connectivity index (χ1n) is 6.87. The van der Waals surface area contributed by atoms with E-state index in [0.717, 1.165) is 5.57 Å². The zero-order valence-corrected chi connectivity index (χ0v) is 13.4. The highest BCUT2D eigenvalue weighted by atomic mass is 31.2. The van der Waals surface area contributed by atoms with Gasteiger partial charge in [0.15, 0.2) is 0 Å². The minimum absolute atomic E-state index is 0.658. The molecule has 0 aromatic heterocycles. The highest BCUT2D eigenvalue weighted by molar-refractivity contribution is 7.46. The molecule has 0 aliphatic carbocycles. The van der Waals surface area contributed by atoms with Crippen LogP contribution in [0.1, 0.15) is 25.0 Å². The Balaban J connectivity index is 2.75. The maximum Gasteiger partial charge on any atom is 0.471 e. The molecule has 0 spiro atoms. The van der Waals surface area contributed by atoms with Crippen LogP contribution in [0.5, 0.6) is 0 Å². The average Bonchev–Trinajstić information content (AvgIpc) is 2.46. The first-order valence-corrected chi connectivity index (χ1v) is 8.40. The summed E-state index contributed by atoms with van der Waals surface area (Å²) in [5.41, 5.74) is 0.873. The molecule has 0 aliphatic rings. The fourth-order valence-corrected chi connectivity index (χ4v) is 3.07. The van der Waals surface area contributed by atoms with Gasteiger partial charge in [0, 0.05) is 0 Å². The zero-order chi connectivity index (χ0) is 16.2. The predicted molar refractivity (Wildman–Crippen MR) is 86.2 cm³/mol. The number of rotatable bonds is 5. The van der Waals surface area contributed by atoms with Crippen LogP contribution in [-0.2, 0) is 14.7 Å². The largest absolute Gasteiger partial charge is 0.471 e. The second-order valence-corrected chi connectivity index (χ2v) is 6.43. The summed E-state index contributed by atoms with van der Waals surface area (Å²) in [7, 11) is -4.72. The minimum atomic E-state index is -4.72. The molecule has 116 valence electrons. The summed E-state index contributed by atoms with van der Waals surface area (Å²) in [6.45, 7) is 3.73. The van der Waals surface area contributed by atoms with Crippen molar-refractivity contribution in [1.29, 1.82) is 0 Å². The van der Waals surface area contributed by atoms with Crippen molar-refractivity contribution < 1.29 is 18.9 Å². The lowest BCUT2D eigenvalue weighted by Gasteiger charge is -2.32. The van der Waals surface area contributed by atoms with Crippen LogP contribution in [0.2, 0.25) is 0 Å². The van der Waals surface area contributed by atoms with Crippen molar-refractivity contribution in [1.82, 2.24) is 0 Å². The van der Waals surface area contributed by atoms with Crippen molar-refractivity contribution in [3.63, 3.8) is 0 Å². The van der Waals surface area contributed by atoms with Crippen molar-refractivity contribution in [2.75, 3.05) is 0 Å². The fourth-order valence-electron chi connectivity index (χ4n) is 2.43. The van der Waals surface area contributed by atoms with Crippen LogP contribution in [0.4, 0.5) is 0 Å². The summed E-state index contributed by atoms with van der Waals surface area (Å²) in [6.07, 6.45) is 1.73. The lowest BCUT2D eigenvalue weighted by atomic mass is 9.85. The van der Waals surface area contributed by atoms with E-state index in [1.165, 1.54) is 0 Å². The van der Waals surface area contributed by atoms with E-state index >= 15 is 0 Å². The van der Waals surface area contributed by atoms with E-state index in [2.05, 4.69) is 0 Å².